The molecule has 1 rings (SSSR count). The monoisotopic (exact) mass is 262 g/mol. The van der Waals surface area contributed by atoms with Gasteiger partial charge in [0.15, 0.2) is 0 Å². The van der Waals surface area contributed by atoms with E-state index in [0.29, 0.717) is 6.04 Å². The molecule has 0 saturated carbocycles. The van der Waals surface area contributed by atoms with Crippen LogP contribution in [0.3, 0.4) is 0 Å². The van der Waals surface area contributed by atoms with Gasteiger partial charge in [0.1, 0.15) is 0 Å². The number of nitrogens with zero attached hydrogens (tertiary/aromatic N) is 1. The topological polar surface area (TPSA) is 15.3 Å². The highest BCUT2D eigenvalue weighted by Crippen LogP contribution is 2.09. The van der Waals surface area contributed by atoms with Crippen LogP contribution in [0.15, 0.2) is 24.3 Å². The zero-order valence-electron chi connectivity index (χ0n) is 13.2. The maximum absolute atomic E-state index is 3.57. The molecular weight excluding hydrogens is 232 g/mol. The van der Waals surface area contributed by atoms with Crippen molar-refractivity contribution in [2.75, 3.05) is 20.1 Å². The van der Waals surface area contributed by atoms with Crippen molar-refractivity contribution in [2.45, 2.75) is 46.7 Å². The minimum absolute atomic E-state index is 0.611. The summed E-state index contributed by atoms with van der Waals surface area (Å²) in [5.74, 6) is 0.722. The Balaban J connectivity index is 2.44. The molecule has 0 aliphatic rings. The van der Waals surface area contributed by atoms with E-state index in [2.05, 4.69) is 69.2 Å². The molecule has 1 aromatic rings. The molecule has 0 aliphatic carbocycles. The van der Waals surface area contributed by atoms with E-state index in [4.69, 9.17) is 0 Å². The second kappa shape index (κ2) is 8.34. The fourth-order valence-corrected chi connectivity index (χ4v) is 2.26. The average molecular weight is 262 g/mol. The van der Waals surface area contributed by atoms with Gasteiger partial charge in [-0.2, -0.15) is 0 Å². The van der Waals surface area contributed by atoms with Crippen molar-refractivity contribution in [1.82, 2.24) is 10.2 Å². The summed E-state index contributed by atoms with van der Waals surface area (Å²) in [6.07, 6.45) is 1.19. The summed E-state index contributed by atoms with van der Waals surface area (Å²) < 4.78 is 0. The molecule has 0 spiro atoms. The summed E-state index contributed by atoms with van der Waals surface area (Å²) in [5, 5.41) is 3.57. The summed E-state index contributed by atoms with van der Waals surface area (Å²) in [6, 6.07) is 9.47. The van der Waals surface area contributed by atoms with Gasteiger partial charge in [-0.15, -0.1) is 0 Å². The molecule has 19 heavy (non-hydrogen) atoms. The minimum atomic E-state index is 0.611. The molecule has 0 aliphatic heterocycles. The first-order valence-corrected chi connectivity index (χ1v) is 7.49. The molecular formula is C17H30N2. The Bertz CT molecular complexity index is 343. The quantitative estimate of drug-likeness (QED) is 0.772. The van der Waals surface area contributed by atoms with Gasteiger partial charge in [0.2, 0.25) is 0 Å². The van der Waals surface area contributed by atoms with Gasteiger partial charge in [0.05, 0.1) is 0 Å². The highest BCUT2D eigenvalue weighted by atomic mass is 15.1. The van der Waals surface area contributed by atoms with Crippen molar-refractivity contribution >= 4 is 0 Å². The van der Waals surface area contributed by atoms with Gasteiger partial charge >= 0.3 is 0 Å². The number of likely N-dealkylation sites (N-methyl/N-ethyl adjacent to an activating group) is 1. The van der Waals surface area contributed by atoms with Crippen molar-refractivity contribution in [3.05, 3.63) is 35.4 Å². The second-order valence-corrected chi connectivity index (χ2v) is 6.01. The molecule has 0 amide bonds. The van der Waals surface area contributed by atoms with Crippen LogP contribution < -0.4 is 5.32 Å². The fraction of sp³-hybridized carbons (Fsp3) is 0.647. The van der Waals surface area contributed by atoms with Gasteiger partial charge in [-0.05, 0) is 38.4 Å². The van der Waals surface area contributed by atoms with Crippen molar-refractivity contribution in [3.63, 3.8) is 0 Å². The van der Waals surface area contributed by atoms with Gasteiger partial charge in [-0.1, -0.05) is 50.6 Å². The lowest BCUT2D eigenvalue weighted by Gasteiger charge is -2.28. The number of benzene rings is 1. The molecule has 0 aromatic heterocycles. The van der Waals surface area contributed by atoms with Crippen LogP contribution in [0.4, 0.5) is 0 Å². The molecule has 0 bridgehead atoms. The highest BCUT2D eigenvalue weighted by Gasteiger charge is 2.12. The van der Waals surface area contributed by atoms with Gasteiger partial charge in [0.25, 0.3) is 0 Å². The van der Waals surface area contributed by atoms with Crippen LogP contribution in [0, 0.1) is 12.8 Å². The molecule has 1 N–H and O–H groups in total. The summed E-state index contributed by atoms with van der Waals surface area (Å²) >= 11 is 0. The van der Waals surface area contributed by atoms with E-state index in [1.54, 1.807) is 0 Å². The Morgan fingerprint density at radius 1 is 1.11 bits per heavy atom. The van der Waals surface area contributed by atoms with Gasteiger partial charge < -0.3 is 5.32 Å². The molecule has 0 heterocycles. The summed E-state index contributed by atoms with van der Waals surface area (Å²) in [5.41, 5.74) is 2.73. The van der Waals surface area contributed by atoms with Crippen molar-refractivity contribution in [1.29, 1.82) is 0 Å². The predicted octanol–water partition coefficient (Wildman–Crippen LogP) is 3.45. The van der Waals surface area contributed by atoms with Gasteiger partial charge in [-0.25, -0.2) is 0 Å². The highest BCUT2D eigenvalue weighted by molar-refractivity contribution is 5.21. The number of hydrogen-bond acceptors (Lipinski definition) is 2. The Morgan fingerprint density at radius 3 is 2.26 bits per heavy atom. The first-order chi connectivity index (χ1) is 9.02. The third-order valence-corrected chi connectivity index (χ3v) is 3.58. The lowest BCUT2D eigenvalue weighted by Crippen LogP contribution is -2.40. The largest absolute Gasteiger partial charge is 0.315 e. The average Bonchev–Trinajstić information content (AvgIpc) is 2.37. The molecule has 0 radical (unpaired) electrons. The van der Waals surface area contributed by atoms with Crippen LogP contribution in [0.2, 0.25) is 0 Å². The number of nitrogens with one attached hydrogen (secondary N) is 1. The van der Waals surface area contributed by atoms with Gasteiger partial charge in [0, 0.05) is 19.1 Å². The summed E-state index contributed by atoms with van der Waals surface area (Å²) in [7, 11) is 2.23. The van der Waals surface area contributed by atoms with E-state index in [9.17, 15) is 0 Å². The standard InChI is InChI=1S/C17H30N2/c1-6-17(12-18-11-14(2)3)19(5)13-16-9-7-15(4)8-10-16/h7-10,14,17-18H,6,11-13H2,1-5H3. The van der Waals surface area contributed by atoms with Crippen molar-refractivity contribution in [2.24, 2.45) is 5.92 Å². The van der Waals surface area contributed by atoms with Crippen LogP contribution >= 0.6 is 0 Å². The molecule has 1 aromatic carbocycles. The summed E-state index contributed by atoms with van der Waals surface area (Å²) in [4.78, 5) is 2.46. The van der Waals surface area contributed by atoms with Crippen LogP contribution in [0.5, 0.6) is 0 Å². The minimum Gasteiger partial charge on any atom is -0.315 e. The molecule has 0 saturated heterocycles. The fourth-order valence-electron chi connectivity index (χ4n) is 2.26. The van der Waals surface area contributed by atoms with Crippen LogP contribution in [0.1, 0.15) is 38.3 Å². The molecule has 2 nitrogen and oxygen atoms in total. The normalized spacial score (nSPS) is 13.2. The SMILES string of the molecule is CCC(CNCC(C)C)N(C)Cc1ccc(C)cc1. The summed E-state index contributed by atoms with van der Waals surface area (Å²) in [6.45, 7) is 12.1. The lowest BCUT2D eigenvalue weighted by atomic mass is 10.1. The molecule has 1 unspecified atom stereocenters. The van der Waals surface area contributed by atoms with E-state index in [1.807, 2.05) is 0 Å². The van der Waals surface area contributed by atoms with E-state index < -0.39 is 0 Å². The first kappa shape index (κ1) is 16.2. The van der Waals surface area contributed by atoms with E-state index in [1.165, 1.54) is 17.5 Å². The first-order valence-electron chi connectivity index (χ1n) is 7.49. The zero-order valence-corrected chi connectivity index (χ0v) is 13.2. The van der Waals surface area contributed by atoms with E-state index in [-0.39, 0.29) is 0 Å². The Labute approximate surface area is 119 Å². The molecule has 108 valence electrons. The van der Waals surface area contributed by atoms with E-state index in [0.717, 1.165) is 25.6 Å². The number of rotatable bonds is 8. The lowest BCUT2D eigenvalue weighted by molar-refractivity contribution is 0.220. The number of hydrogen-bond donors (Lipinski definition) is 1. The Morgan fingerprint density at radius 2 is 1.74 bits per heavy atom. The third kappa shape index (κ3) is 6.22. The maximum atomic E-state index is 3.57. The second-order valence-electron chi connectivity index (χ2n) is 6.01. The van der Waals surface area contributed by atoms with Crippen LogP contribution in [-0.2, 0) is 6.54 Å². The molecule has 2 heteroatoms. The maximum Gasteiger partial charge on any atom is 0.0234 e. The smallest absolute Gasteiger partial charge is 0.0234 e. The van der Waals surface area contributed by atoms with Crippen molar-refractivity contribution in [3.8, 4) is 0 Å². The third-order valence-electron chi connectivity index (χ3n) is 3.58. The molecule has 0 fully saturated rings. The number of aryl methyl sites for hydroxylation is 1. The van der Waals surface area contributed by atoms with Crippen LogP contribution in [0.25, 0.3) is 0 Å². The Kier molecular flexibility index (Phi) is 7.11. The van der Waals surface area contributed by atoms with Crippen LogP contribution in [-0.4, -0.2) is 31.1 Å². The Hall–Kier alpha value is -0.860. The predicted molar refractivity (Wildman–Crippen MR) is 84.4 cm³/mol. The zero-order chi connectivity index (χ0) is 14.3. The molecule has 1 atom stereocenters. The van der Waals surface area contributed by atoms with Gasteiger partial charge in [-0.3, -0.25) is 4.90 Å². The van der Waals surface area contributed by atoms with Crippen molar-refractivity contribution < 1.29 is 0 Å². The van der Waals surface area contributed by atoms with E-state index >= 15 is 0 Å².